The van der Waals surface area contributed by atoms with E-state index in [0.29, 0.717) is 35.1 Å². The van der Waals surface area contributed by atoms with Gasteiger partial charge in [0.15, 0.2) is 11.5 Å². The molecular weight excluding hydrogens is 322 g/mol. The van der Waals surface area contributed by atoms with E-state index in [1.54, 1.807) is 52.7 Å². The van der Waals surface area contributed by atoms with Crippen molar-refractivity contribution in [1.29, 1.82) is 0 Å². The Hall–Kier alpha value is -2.89. The predicted octanol–water partition coefficient (Wildman–Crippen LogP) is 2.96. The minimum atomic E-state index is -0.214. The largest absolute Gasteiger partial charge is 0.496 e. The summed E-state index contributed by atoms with van der Waals surface area (Å²) in [7, 11) is 6.20. The molecule has 2 aromatic rings. The van der Waals surface area contributed by atoms with E-state index in [9.17, 15) is 4.79 Å². The Labute approximate surface area is 147 Å². The van der Waals surface area contributed by atoms with Crippen LogP contribution in [0.25, 0.3) is 0 Å². The van der Waals surface area contributed by atoms with Gasteiger partial charge in [-0.25, -0.2) is 0 Å². The zero-order valence-electron chi connectivity index (χ0n) is 15.1. The molecule has 0 saturated heterocycles. The van der Waals surface area contributed by atoms with Gasteiger partial charge in [-0.05, 0) is 36.8 Å². The molecule has 0 spiro atoms. The average molecular weight is 345 g/mol. The first kappa shape index (κ1) is 18.4. The summed E-state index contributed by atoms with van der Waals surface area (Å²) >= 11 is 0. The molecule has 0 heterocycles. The van der Waals surface area contributed by atoms with Crippen LogP contribution in [-0.4, -0.2) is 34.3 Å². The Kier molecular flexibility index (Phi) is 6.11. The first-order valence-corrected chi connectivity index (χ1v) is 7.75. The van der Waals surface area contributed by atoms with Crippen molar-refractivity contribution < 1.29 is 23.7 Å². The zero-order valence-corrected chi connectivity index (χ0v) is 15.1. The highest BCUT2D eigenvalue weighted by atomic mass is 16.5. The summed E-state index contributed by atoms with van der Waals surface area (Å²) in [4.78, 5) is 12.5. The highest BCUT2D eigenvalue weighted by Crippen LogP contribution is 2.38. The van der Waals surface area contributed by atoms with Gasteiger partial charge in [0, 0.05) is 6.54 Å². The van der Waals surface area contributed by atoms with Crippen molar-refractivity contribution in [2.24, 2.45) is 0 Å². The third-order valence-corrected chi connectivity index (χ3v) is 3.78. The number of carbonyl (C=O) groups excluding carboxylic acids is 1. The lowest BCUT2D eigenvalue weighted by atomic mass is 10.1. The lowest BCUT2D eigenvalue weighted by Crippen LogP contribution is -2.23. The second-order valence-corrected chi connectivity index (χ2v) is 5.42. The molecule has 0 aliphatic carbocycles. The van der Waals surface area contributed by atoms with Crippen molar-refractivity contribution in [3.63, 3.8) is 0 Å². The summed E-state index contributed by atoms with van der Waals surface area (Å²) in [6.45, 7) is 2.24. The lowest BCUT2D eigenvalue weighted by molar-refractivity contribution is 0.0947. The third kappa shape index (κ3) is 4.15. The molecule has 0 aliphatic rings. The summed E-state index contributed by atoms with van der Waals surface area (Å²) in [5.41, 5.74) is 2.31. The molecule has 25 heavy (non-hydrogen) atoms. The summed E-state index contributed by atoms with van der Waals surface area (Å²) in [5, 5.41) is 2.89. The van der Waals surface area contributed by atoms with E-state index in [-0.39, 0.29) is 5.91 Å². The highest BCUT2D eigenvalue weighted by molar-refractivity contribution is 5.97. The van der Waals surface area contributed by atoms with Gasteiger partial charge in [0.25, 0.3) is 5.91 Å². The van der Waals surface area contributed by atoms with E-state index in [1.165, 1.54) is 0 Å². The molecule has 134 valence electrons. The van der Waals surface area contributed by atoms with Crippen LogP contribution in [0.3, 0.4) is 0 Å². The topological polar surface area (TPSA) is 66.0 Å². The molecule has 0 aromatic heterocycles. The molecule has 6 nitrogen and oxygen atoms in total. The SMILES string of the molecule is COc1ccc(C)cc1C(=O)NCc1cc(OC)c(OC)c(OC)c1. The van der Waals surface area contributed by atoms with Crippen LogP contribution >= 0.6 is 0 Å². The number of carbonyl (C=O) groups is 1. The maximum atomic E-state index is 12.5. The number of nitrogens with one attached hydrogen (secondary N) is 1. The molecule has 0 unspecified atom stereocenters. The van der Waals surface area contributed by atoms with E-state index in [1.807, 2.05) is 13.0 Å². The molecule has 0 saturated carbocycles. The minimum Gasteiger partial charge on any atom is -0.496 e. The molecule has 0 bridgehead atoms. The average Bonchev–Trinajstić information content (AvgIpc) is 2.64. The monoisotopic (exact) mass is 345 g/mol. The first-order valence-electron chi connectivity index (χ1n) is 7.75. The number of amides is 1. The van der Waals surface area contributed by atoms with Crippen LogP contribution in [0.1, 0.15) is 21.5 Å². The standard InChI is InChI=1S/C19H23NO5/c1-12-6-7-15(22-2)14(8-12)19(21)20-11-13-9-16(23-3)18(25-5)17(10-13)24-4/h6-10H,11H2,1-5H3,(H,20,21). The molecule has 0 radical (unpaired) electrons. The Balaban J connectivity index is 2.21. The quantitative estimate of drug-likeness (QED) is 0.836. The normalized spacial score (nSPS) is 10.1. The Bertz CT molecular complexity index is 732. The molecule has 2 aromatic carbocycles. The third-order valence-electron chi connectivity index (χ3n) is 3.78. The van der Waals surface area contributed by atoms with E-state index in [0.717, 1.165) is 11.1 Å². The number of methoxy groups -OCH3 is 4. The number of aryl methyl sites for hydroxylation is 1. The highest BCUT2D eigenvalue weighted by Gasteiger charge is 2.15. The van der Waals surface area contributed by atoms with E-state index in [2.05, 4.69) is 5.32 Å². The van der Waals surface area contributed by atoms with Crippen molar-refractivity contribution in [3.05, 3.63) is 47.0 Å². The van der Waals surface area contributed by atoms with Gasteiger partial charge in [-0.3, -0.25) is 4.79 Å². The minimum absolute atomic E-state index is 0.214. The summed E-state index contributed by atoms with van der Waals surface area (Å²) in [5.74, 6) is 1.92. The maximum absolute atomic E-state index is 12.5. The van der Waals surface area contributed by atoms with Crippen LogP contribution in [0.15, 0.2) is 30.3 Å². The zero-order chi connectivity index (χ0) is 18.4. The van der Waals surface area contributed by atoms with Crippen molar-refractivity contribution in [3.8, 4) is 23.0 Å². The predicted molar refractivity (Wildman–Crippen MR) is 95.0 cm³/mol. The van der Waals surface area contributed by atoms with E-state index >= 15 is 0 Å². The fourth-order valence-electron chi connectivity index (χ4n) is 2.51. The van der Waals surface area contributed by atoms with E-state index in [4.69, 9.17) is 18.9 Å². The van der Waals surface area contributed by atoms with Crippen molar-refractivity contribution in [2.45, 2.75) is 13.5 Å². The van der Waals surface area contributed by atoms with Crippen LogP contribution in [0.5, 0.6) is 23.0 Å². The van der Waals surface area contributed by atoms with Crippen LogP contribution in [0, 0.1) is 6.92 Å². The molecule has 2 rings (SSSR count). The van der Waals surface area contributed by atoms with Gasteiger partial charge in [-0.1, -0.05) is 11.6 Å². The second kappa shape index (κ2) is 8.28. The maximum Gasteiger partial charge on any atom is 0.255 e. The van der Waals surface area contributed by atoms with Crippen LogP contribution < -0.4 is 24.3 Å². The summed E-state index contributed by atoms with van der Waals surface area (Å²) in [6, 6.07) is 9.08. The smallest absolute Gasteiger partial charge is 0.255 e. The van der Waals surface area contributed by atoms with Gasteiger partial charge in [0.05, 0.1) is 34.0 Å². The molecule has 1 N–H and O–H groups in total. The number of benzene rings is 2. The van der Waals surface area contributed by atoms with Crippen LogP contribution in [0.4, 0.5) is 0 Å². The molecule has 1 amide bonds. The Morgan fingerprint density at radius 2 is 1.48 bits per heavy atom. The second-order valence-electron chi connectivity index (χ2n) is 5.42. The van der Waals surface area contributed by atoms with E-state index < -0.39 is 0 Å². The number of ether oxygens (including phenoxy) is 4. The van der Waals surface area contributed by atoms with Gasteiger partial charge in [-0.15, -0.1) is 0 Å². The molecule has 0 fully saturated rings. The molecular formula is C19H23NO5. The molecule has 0 atom stereocenters. The van der Waals surface area contributed by atoms with Gasteiger partial charge in [-0.2, -0.15) is 0 Å². The summed E-state index contributed by atoms with van der Waals surface area (Å²) in [6.07, 6.45) is 0. The Morgan fingerprint density at radius 3 is 2.00 bits per heavy atom. The van der Waals surface area contributed by atoms with Gasteiger partial charge in [0.1, 0.15) is 5.75 Å². The Morgan fingerprint density at radius 1 is 0.880 bits per heavy atom. The number of hydrogen-bond acceptors (Lipinski definition) is 5. The summed E-state index contributed by atoms with van der Waals surface area (Å²) < 4.78 is 21.2. The van der Waals surface area contributed by atoms with Crippen molar-refractivity contribution in [2.75, 3.05) is 28.4 Å². The van der Waals surface area contributed by atoms with Gasteiger partial charge < -0.3 is 24.3 Å². The van der Waals surface area contributed by atoms with Gasteiger partial charge in [0.2, 0.25) is 5.75 Å². The number of hydrogen-bond donors (Lipinski definition) is 1. The van der Waals surface area contributed by atoms with Crippen LogP contribution in [0.2, 0.25) is 0 Å². The molecule has 0 aliphatic heterocycles. The fraction of sp³-hybridized carbons (Fsp3) is 0.316. The van der Waals surface area contributed by atoms with Crippen molar-refractivity contribution >= 4 is 5.91 Å². The van der Waals surface area contributed by atoms with Crippen molar-refractivity contribution in [1.82, 2.24) is 5.32 Å². The fourth-order valence-corrected chi connectivity index (χ4v) is 2.51. The van der Waals surface area contributed by atoms with Crippen LogP contribution in [-0.2, 0) is 6.54 Å². The molecule has 6 heteroatoms. The number of rotatable bonds is 7. The van der Waals surface area contributed by atoms with Gasteiger partial charge >= 0.3 is 0 Å². The first-order chi connectivity index (χ1) is 12.0. The lowest BCUT2D eigenvalue weighted by Gasteiger charge is -2.15.